The summed E-state index contributed by atoms with van der Waals surface area (Å²) in [6.07, 6.45) is 6.96. The molecule has 1 saturated carbocycles. The number of benzene rings is 1. The van der Waals surface area contributed by atoms with E-state index in [0.29, 0.717) is 31.5 Å². The molecule has 0 radical (unpaired) electrons. The second kappa shape index (κ2) is 15.7. The van der Waals surface area contributed by atoms with E-state index in [9.17, 15) is 19.2 Å². The van der Waals surface area contributed by atoms with Crippen molar-refractivity contribution in [2.45, 2.75) is 96.7 Å². The van der Waals surface area contributed by atoms with Crippen molar-refractivity contribution in [3.63, 3.8) is 0 Å². The molecule has 242 valence electrons. The first-order valence-electron chi connectivity index (χ1n) is 15.8. The number of fused-ring (bicyclic) bond motifs is 1. The average molecular weight is 620 g/mol. The first kappa shape index (κ1) is 33.6. The van der Waals surface area contributed by atoms with Gasteiger partial charge in [-0.05, 0) is 95.5 Å². The van der Waals surface area contributed by atoms with Crippen molar-refractivity contribution < 1.29 is 28.7 Å². The van der Waals surface area contributed by atoms with Gasteiger partial charge in [0.15, 0.2) is 0 Å². The second-order valence-corrected chi connectivity index (χ2v) is 12.4. The number of pyridine rings is 1. The molecule has 1 aromatic carbocycles. The third kappa shape index (κ3) is 10.7. The summed E-state index contributed by atoms with van der Waals surface area (Å²) in [7, 11) is 0. The number of amides is 3. The van der Waals surface area contributed by atoms with Gasteiger partial charge in [-0.2, -0.15) is 0 Å². The number of aryl methyl sites for hydroxylation is 2. The molecule has 0 aliphatic heterocycles. The zero-order valence-corrected chi connectivity index (χ0v) is 26.7. The Balaban J connectivity index is 1.45. The topological polar surface area (TPSA) is 143 Å². The molecule has 45 heavy (non-hydrogen) atoms. The number of imide groups is 1. The Morgan fingerprint density at radius 1 is 1.09 bits per heavy atom. The number of ether oxygens (including phenoxy) is 2. The van der Waals surface area contributed by atoms with Crippen LogP contribution in [0.1, 0.15) is 77.3 Å². The highest BCUT2D eigenvalue weighted by Gasteiger charge is 2.32. The van der Waals surface area contributed by atoms with Crippen LogP contribution in [0.4, 0.5) is 10.6 Å². The van der Waals surface area contributed by atoms with E-state index in [-0.39, 0.29) is 43.8 Å². The number of nitrogens with one attached hydrogen (secondary N) is 3. The smallest absolute Gasteiger partial charge is 0.413 e. The third-order valence-electron chi connectivity index (χ3n) is 7.46. The highest BCUT2D eigenvalue weighted by molar-refractivity contribution is 5.97. The molecule has 2 aromatic heterocycles. The number of aromatic amines is 1. The molecule has 1 aliphatic rings. The quantitative estimate of drug-likeness (QED) is 0.195. The number of H-pyrrole nitrogens is 1. The predicted molar refractivity (Wildman–Crippen MR) is 172 cm³/mol. The van der Waals surface area contributed by atoms with Gasteiger partial charge in [-0.25, -0.2) is 9.78 Å². The van der Waals surface area contributed by atoms with Crippen LogP contribution in [0.25, 0.3) is 10.9 Å². The molecule has 1 atom stereocenters. The Kier molecular flexibility index (Phi) is 11.7. The number of carbonyl (C=O) groups excluding carboxylic acids is 4. The minimum Gasteiger partial charge on any atom is -0.466 e. The fraction of sp³-hybridized carbons (Fsp3) is 0.500. The molecular formula is C34H45N5O6. The largest absolute Gasteiger partial charge is 0.466 e. The van der Waals surface area contributed by atoms with Gasteiger partial charge in [-0.15, -0.1) is 0 Å². The van der Waals surface area contributed by atoms with Crippen LogP contribution in [0.15, 0.2) is 48.8 Å². The molecule has 4 rings (SSSR count). The fourth-order valence-corrected chi connectivity index (χ4v) is 5.22. The van der Waals surface area contributed by atoms with Crippen molar-refractivity contribution in [2.24, 2.45) is 0 Å². The summed E-state index contributed by atoms with van der Waals surface area (Å²) in [5.74, 6) is -0.758. The van der Waals surface area contributed by atoms with E-state index in [1.807, 2.05) is 36.5 Å². The zero-order chi connectivity index (χ0) is 32.4. The minimum absolute atomic E-state index is 0.0346. The van der Waals surface area contributed by atoms with Gasteiger partial charge in [0.25, 0.3) is 0 Å². The van der Waals surface area contributed by atoms with Crippen LogP contribution in [0.3, 0.4) is 0 Å². The fourth-order valence-electron chi connectivity index (χ4n) is 5.22. The first-order chi connectivity index (χ1) is 21.5. The summed E-state index contributed by atoms with van der Waals surface area (Å²) in [5.41, 5.74) is 2.30. The predicted octanol–water partition coefficient (Wildman–Crippen LogP) is 5.29. The van der Waals surface area contributed by atoms with E-state index in [0.717, 1.165) is 34.9 Å². The monoisotopic (exact) mass is 619 g/mol. The van der Waals surface area contributed by atoms with Crippen molar-refractivity contribution in [2.75, 3.05) is 18.5 Å². The van der Waals surface area contributed by atoms with Crippen LogP contribution in [-0.4, -0.2) is 69.6 Å². The van der Waals surface area contributed by atoms with Gasteiger partial charge in [0.05, 0.1) is 25.6 Å². The van der Waals surface area contributed by atoms with E-state index >= 15 is 0 Å². The molecule has 0 spiro atoms. The van der Waals surface area contributed by atoms with Gasteiger partial charge < -0.3 is 19.8 Å². The number of anilines is 1. The Bertz CT molecular complexity index is 1470. The van der Waals surface area contributed by atoms with Crippen molar-refractivity contribution in [3.05, 3.63) is 59.9 Å². The average Bonchev–Trinajstić information content (AvgIpc) is 3.72. The standard InChI is InChI=1S/C34H45N5O6/c1-5-44-32(42)20-26(16-13-24-21-37-28-11-7-6-10-27(24)28)39(31(41)22-36-25-14-15-25)30(40)12-8-9-23-17-18-35-29(19-23)38-33(43)45-34(2,3)4/h6-7,10-11,17-19,21,25-26,36-37H,5,8-9,12-16,20,22H2,1-4H3,(H,35,38,43). The van der Waals surface area contributed by atoms with Crippen LogP contribution in [0.2, 0.25) is 0 Å². The summed E-state index contributed by atoms with van der Waals surface area (Å²) in [5, 5.41) is 6.93. The Labute approximate surface area is 264 Å². The molecule has 3 amide bonds. The molecule has 2 heterocycles. The summed E-state index contributed by atoms with van der Waals surface area (Å²) in [4.78, 5) is 61.0. The van der Waals surface area contributed by atoms with Gasteiger partial charge in [0.1, 0.15) is 11.4 Å². The van der Waals surface area contributed by atoms with Crippen molar-refractivity contribution in [3.8, 4) is 0 Å². The van der Waals surface area contributed by atoms with Crippen molar-refractivity contribution in [1.82, 2.24) is 20.2 Å². The first-order valence-corrected chi connectivity index (χ1v) is 15.8. The van der Waals surface area contributed by atoms with Crippen LogP contribution in [-0.2, 0) is 36.7 Å². The summed E-state index contributed by atoms with van der Waals surface area (Å²) in [6.45, 7) is 7.33. The lowest BCUT2D eigenvalue weighted by Crippen LogP contribution is -2.49. The molecule has 3 aromatic rings. The lowest BCUT2D eigenvalue weighted by molar-refractivity contribution is -0.151. The number of rotatable bonds is 15. The summed E-state index contributed by atoms with van der Waals surface area (Å²) in [6, 6.07) is 11.2. The zero-order valence-electron chi connectivity index (χ0n) is 26.7. The van der Waals surface area contributed by atoms with Crippen molar-refractivity contribution in [1.29, 1.82) is 0 Å². The summed E-state index contributed by atoms with van der Waals surface area (Å²) >= 11 is 0. The van der Waals surface area contributed by atoms with E-state index < -0.39 is 23.7 Å². The molecule has 1 aliphatic carbocycles. The lowest BCUT2D eigenvalue weighted by atomic mass is 10.00. The number of hydrogen-bond donors (Lipinski definition) is 3. The molecule has 1 fully saturated rings. The lowest BCUT2D eigenvalue weighted by Gasteiger charge is -2.30. The Hall–Kier alpha value is -4.25. The van der Waals surface area contributed by atoms with Crippen LogP contribution < -0.4 is 10.6 Å². The van der Waals surface area contributed by atoms with E-state index in [1.165, 1.54) is 4.90 Å². The van der Waals surface area contributed by atoms with Crippen molar-refractivity contribution >= 4 is 40.6 Å². The number of carbonyl (C=O) groups is 4. The molecule has 11 heteroatoms. The van der Waals surface area contributed by atoms with Crippen LogP contribution in [0.5, 0.6) is 0 Å². The van der Waals surface area contributed by atoms with E-state index in [2.05, 4.69) is 20.6 Å². The molecule has 0 saturated heterocycles. The van der Waals surface area contributed by atoms with Gasteiger partial charge >= 0.3 is 12.1 Å². The molecule has 1 unspecified atom stereocenters. The number of para-hydroxylation sites is 1. The van der Waals surface area contributed by atoms with E-state index in [4.69, 9.17) is 9.47 Å². The van der Waals surface area contributed by atoms with E-state index in [1.54, 1.807) is 40.0 Å². The van der Waals surface area contributed by atoms with Gasteiger partial charge in [0.2, 0.25) is 11.8 Å². The van der Waals surface area contributed by atoms with Gasteiger partial charge in [-0.1, -0.05) is 18.2 Å². The normalized spacial score (nSPS) is 13.7. The number of esters is 1. The maximum atomic E-state index is 13.8. The Morgan fingerprint density at radius 3 is 2.60 bits per heavy atom. The highest BCUT2D eigenvalue weighted by atomic mass is 16.6. The maximum Gasteiger partial charge on any atom is 0.413 e. The third-order valence-corrected chi connectivity index (χ3v) is 7.46. The molecule has 0 bridgehead atoms. The van der Waals surface area contributed by atoms with Crippen LogP contribution >= 0.6 is 0 Å². The minimum atomic E-state index is -0.649. The SMILES string of the molecule is CCOC(=O)CC(CCc1c[nH]c2ccccc12)N(C(=O)CCCc1ccnc(NC(=O)OC(C)(C)C)c1)C(=O)CNC1CC1. The molecule has 3 N–H and O–H groups in total. The summed E-state index contributed by atoms with van der Waals surface area (Å²) < 4.78 is 10.5. The number of aromatic nitrogens is 2. The Morgan fingerprint density at radius 2 is 1.87 bits per heavy atom. The molecular weight excluding hydrogens is 574 g/mol. The maximum absolute atomic E-state index is 13.8. The van der Waals surface area contributed by atoms with Gasteiger partial charge in [0, 0.05) is 35.8 Å². The molecule has 11 nitrogen and oxygen atoms in total. The number of hydrogen-bond acceptors (Lipinski definition) is 8. The highest BCUT2D eigenvalue weighted by Crippen LogP contribution is 2.24. The number of nitrogens with zero attached hydrogens (tertiary/aromatic N) is 2. The second-order valence-electron chi connectivity index (χ2n) is 12.4. The van der Waals surface area contributed by atoms with Gasteiger partial charge in [-0.3, -0.25) is 24.6 Å². The van der Waals surface area contributed by atoms with Crippen LogP contribution in [0, 0.1) is 0 Å².